The molecule has 0 spiro atoms. The van der Waals surface area contributed by atoms with Gasteiger partial charge in [0.15, 0.2) is 0 Å². The van der Waals surface area contributed by atoms with Gasteiger partial charge in [-0.25, -0.2) is 9.59 Å². The Labute approximate surface area is 107 Å². The normalized spacial score (nSPS) is 12.1. The van der Waals surface area contributed by atoms with Crippen molar-refractivity contribution >= 4 is 11.9 Å². The largest absolute Gasteiger partial charge is 0.473 e. The quantitative estimate of drug-likeness (QED) is 0.362. The molecule has 0 rings (SSSR count). The van der Waals surface area contributed by atoms with Crippen LogP contribution in [-0.2, 0) is 23.8 Å². The Hall–Kier alpha value is -1.14. The summed E-state index contributed by atoms with van der Waals surface area (Å²) in [5.41, 5.74) is 0. The van der Waals surface area contributed by atoms with Crippen LogP contribution < -0.4 is 0 Å². The molecule has 0 heterocycles. The van der Waals surface area contributed by atoms with E-state index in [0.29, 0.717) is 26.2 Å². The molecule has 1 unspecified atom stereocenters. The van der Waals surface area contributed by atoms with Crippen molar-refractivity contribution < 1.29 is 28.9 Å². The van der Waals surface area contributed by atoms with Gasteiger partial charge >= 0.3 is 11.9 Å². The molecule has 1 N–H and O–H groups in total. The van der Waals surface area contributed by atoms with Gasteiger partial charge in [-0.15, -0.1) is 0 Å². The number of aliphatic carboxylic acids is 1. The molecule has 0 aromatic heterocycles. The summed E-state index contributed by atoms with van der Waals surface area (Å²) >= 11 is 0. The number of carboxylic acids is 1. The predicted molar refractivity (Wildman–Crippen MR) is 64.4 cm³/mol. The van der Waals surface area contributed by atoms with Gasteiger partial charge in [0.2, 0.25) is 0 Å². The summed E-state index contributed by atoms with van der Waals surface area (Å²) < 4.78 is 15.2. The Balaban J connectivity index is 3.32. The standard InChI is InChI=1S/C12H22O6/c1-3-4-6-16-8-9-17-7-5-10(2)18-12(15)11(13)14/h10H,3-9H2,1-2H3,(H,13,14). The third-order valence-corrected chi connectivity index (χ3v) is 2.17. The van der Waals surface area contributed by atoms with Crippen LogP contribution in [0.15, 0.2) is 0 Å². The van der Waals surface area contributed by atoms with Crippen molar-refractivity contribution in [3.63, 3.8) is 0 Å². The summed E-state index contributed by atoms with van der Waals surface area (Å²) in [5.74, 6) is -2.81. The van der Waals surface area contributed by atoms with Crippen LogP contribution in [0.4, 0.5) is 0 Å². The molecule has 0 bridgehead atoms. The van der Waals surface area contributed by atoms with E-state index in [9.17, 15) is 9.59 Å². The molecule has 0 fully saturated rings. The lowest BCUT2D eigenvalue weighted by atomic mass is 10.3. The van der Waals surface area contributed by atoms with Gasteiger partial charge in [-0.3, -0.25) is 0 Å². The van der Waals surface area contributed by atoms with E-state index < -0.39 is 18.0 Å². The van der Waals surface area contributed by atoms with Crippen molar-refractivity contribution in [2.45, 2.75) is 39.2 Å². The second kappa shape index (κ2) is 11.0. The number of ether oxygens (including phenoxy) is 3. The van der Waals surface area contributed by atoms with Crippen LogP contribution in [0.1, 0.15) is 33.1 Å². The first-order valence-electron chi connectivity index (χ1n) is 6.17. The fraction of sp³-hybridized carbons (Fsp3) is 0.833. The number of hydrogen-bond donors (Lipinski definition) is 1. The second-order valence-electron chi connectivity index (χ2n) is 3.89. The fourth-order valence-corrected chi connectivity index (χ4v) is 1.11. The van der Waals surface area contributed by atoms with Gasteiger partial charge in [-0.1, -0.05) is 13.3 Å². The zero-order chi connectivity index (χ0) is 13.8. The first-order valence-corrected chi connectivity index (χ1v) is 6.17. The molecule has 18 heavy (non-hydrogen) atoms. The molecule has 6 nitrogen and oxygen atoms in total. The molecular weight excluding hydrogens is 240 g/mol. The van der Waals surface area contributed by atoms with Gasteiger partial charge in [-0.05, 0) is 13.3 Å². The molecule has 0 aliphatic rings. The van der Waals surface area contributed by atoms with Gasteiger partial charge in [0.05, 0.1) is 19.8 Å². The van der Waals surface area contributed by atoms with Crippen LogP contribution in [0.3, 0.4) is 0 Å². The first-order chi connectivity index (χ1) is 8.57. The van der Waals surface area contributed by atoms with Gasteiger partial charge in [0.1, 0.15) is 6.10 Å². The SMILES string of the molecule is CCCCOCCOCCC(C)OC(=O)C(=O)O. The van der Waals surface area contributed by atoms with Crippen LogP contribution in [0, 0.1) is 0 Å². The highest BCUT2D eigenvalue weighted by atomic mass is 16.6. The topological polar surface area (TPSA) is 82.1 Å². The minimum atomic E-state index is -1.58. The van der Waals surface area contributed by atoms with Crippen molar-refractivity contribution in [3.8, 4) is 0 Å². The van der Waals surface area contributed by atoms with Crippen molar-refractivity contribution in [1.29, 1.82) is 0 Å². The van der Waals surface area contributed by atoms with E-state index in [0.717, 1.165) is 19.4 Å². The van der Waals surface area contributed by atoms with Crippen molar-refractivity contribution in [2.75, 3.05) is 26.4 Å². The summed E-state index contributed by atoms with van der Waals surface area (Å²) in [5, 5.41) is 8.32. The van der Waals surface area contributed by atoms with E-state index >= 15 is 0 Å². The van der Waals surface area contributed by atoms with E-state index in [1.807, 2.05) is 0 Å². The predicted octanol–water partition coefficient (Wildman–Crippen LogP) is 1.23. The Kier molecular flexibility index (Phi) is 10.3. The summed E-state index contributed by atoms with van der Waals surface area (Å²) in [4.78, 5) is 20.9. The molecule has 1 atom stereocenters. The molecular formula is C12H22O6. The Morgan fingerprint density at radius 1 is 1.11 bits per heavy atom. The lowest BCUT2D eigenvalue weighted by Gasteiger charge is -2.11. The number of carbonyl (C=O) groups excluding carboxylic acids is 1. The molecule has 0 aliphatic carbocycles. The van der Waals surface area contributed by atoms with Crippen LogP contribution in [0.5, 0.6) is 0 Å². The van der Waals surface area contributed by atoms with Crippen LogP contribution in [-0.4, -0.2) is 49.6 Å². The van der Waals surface area contributed by atoms with E-state index in [4.69, 9.17) is 14.6 Å². The Morgan fingerprint density at radius 3 is 2.28 bits per heavy atom. The molecule has 0 amide bonds. The summed E-state index contributed by atoms with van der Waals surface area (Å²) in [6.45, 7) is 5.91. The average Bonchev–Trinajstić information content (AvgIpc) is 2.32. The van der Waals surface area contributed by atoms with Crippen LogP contribution in [0.25, 0.3) is 0 Å². The van der Waals surface area contributed by atoms with E-state index in [1.54, 1.807) is 6.92 Å². The van der Waals surface area contributed by atoms with Crippen molar-refractivity contribution in [2.24, 2.45) is 0 Å². The number of carboxylic acid groups (broad SMARTS) is 1. The van der Waals surface area contributed by atoms with Gasteiger partial charge in [0.25, 0.3) is 0 Å². The Morgan fingerprint density at radius 2 is 1.72 bits per heavy atom. The number of esters is 1. The third-order valence-electron chi connectivity index (χ3n) is 2.17. The van der Waals surface area contributed by atoms with Gasteiger partial charge in [-0.2, -0.15) is 0 Å². The highest BCUT2D eigenvalue weighted by molar-refractivity contribution is 6.28. The lowest BCUT2D eigenvalue weighted by molar-refractivity contribution is -0.167. The van der Waals surface area contributed by atoms with Gasteiger partial charge in [0, 0.05) is 13.0 Å². The molecule has 0 aromatic carbocycles. The summed E-state index contributed by atoms with van der Waals surface area (Å²) in [6, 6.07) is 0. The highest BCUT2D eigenvalue weighted by Crippen LogP contribution is 1.98. The number of hydrogen-bond acceptors (Lipinski definition) is 5. The number of rotatable bonds is 10. The second-order valence-corrected chi connectivity index (χ2v) is 3.89. The number of unbranched alkanes of at least 4 members (excludes halogenated alkanes) is 1. The van der Waals surface area contributed by atoms with Crippen molar-refractivity contribution in [3.05, 3.63) is 0 Å². The molecule has 106 valence electrons. The molecule has 0 saturated carbocycles. The van der Waals surface area contributed by atoms with E-state index in [2.05, 4.69) is 11.7 Å². The molecule has 0 aromatic rings. The lowest BCUT2D eigenvalue weighted by Crippen LogP contribution is -2.23. The molecule has 0 radical (unpaired) electrons. The van der Waals surface area contributed by atoms with E-state index in [-0.39, 0.29) is 0 Å². The summed E-state index contributed by atoms with van der Waals surface area (Å²) in [6.07, 6.45) is 2.15. The maximum absolute atomic E-state index is 10.7. The zero-order valence-electron chi connectivity index (χ0n) is 11.0. The smallest absolute Gasteiger partial charge is 0.417 e. The van der Waals surface area contributed by atoms with Crippen molar-refractivity contribution in [1.82, 2.24) is 0 Å². The fourth-order valence-electron chi connectivity index (χ4n) is 1.11. The Bertz CT molecular complexity index is 241. The summed E-state index contributed by atoms with van der Waals surface area (Å²) in [7, 11) is 0. The molecule has 0 aliphatic heterocycles. The monoisotopic (exact) mass is 262 g/mol. The first kappa shape index (κ1) is 16.9. The zero-order valence-corrected chi connectivity index (χ0v) is 11.0. The maximum atomic E-state index is 10.7. The van der Waals surface area contributed by atoms with E-state index in [1.165, 1.54) is 0 Å². The molecule has 0 saturated heterocycles. The van der Waals surface area contributed by atoms with Crippen LogP contribution >= 0.6 is 0 Å². The maximum Gasteiger partial charge on any atom is 0.417 e. The highest BCUT2D eigenvalue weighted by Gasteiger charge is 2.16. The van der Waals surface area contributed by atoms with Crippen LogP contribution in [0.2, 0.25) is 0 Å². The molecule has 6 heteroatoms. The minimum absolute atomic E-state index is 0.408. The van der Waals surface area contributed by atoms with Gasteiger partial charge < -0.3 is 19.3 Å². The third kappa shape index (κ3) is 10.0. The number of carbonyl (C=O) groups is 2. The minimum Gasteiger partial charge on any atom is -0.473 e. The average molecular weight is 262 g/mol.